The molecule has 0 bridgehead atoms. The molecule has 1 saturated heterocycles. The maximum Gasteiger partial charge on any atom is 0.243 e. The molecular weight excluding hydrogens is 391 g/mol. The SMILES string of the molecule is CC1CCCN(S(=O)(=O)c2ccc(NCc3ccc(Cl)cc3Cl)cc2)C1. The van der Waals surface area contributed by atoms with Crippen molar-refractivity contribution in [1.82, 2.24) is 4.31 Å². The Morgan fingerprint density at radius 1 is 1.15 bits per heavy atom. The second kappa shape index (κ2) is 8.17. The molecule has 0 aromatic heterocycles. The van der Waals surface area contributed by atoms with Gasteiger partial charge in [-0.1, -0.05) is 36.2 Å². The van der Waals surface area contributed by atoms with E-state index in [0.717, 1.165) is 24.1 Å². The Labute approximate surface area is 165 Å². The first-order valence-corrected chi connectivity index (χ1v) is 10.8. The molecule has 1 atom stereocenters. The summed E-state index contributed by atoms with van der Waals surface area (Å²) in [6.07, 6.45) is 2.00. The number of benzene rings is 2. The minimum Gasteiger partial charge on any atom is -0.381 e. The van der Waals surface area contributed by atoms with Crippen molar-refractivity contribution in [1.29, 1.82) is 0 Å². The van der Waals surface area contributed by atoms with E-state index in [-0.39, 0.29) is 0 Å². The van der Waals surface area contributed by atoms with Crippen LogP contribution in [-0.2, 0) is 16.6 Å². The fraction of sp³-hybridized carbons (Fsp3) is 0.368. The third-order valence-electron chi connectivity index (χ3n) is 4.61. The van der Waals surface area contributed by atoms with Gasteiger partial charge in [0.1, 0.15) is 0 Å². The highest BCUT2D eigenvalue weighted by molar-refractivity contribution is 7.89. The largest absolute Gasteiger partial charge is 0.381 e. The number of nitrogens with one attached hydrogen (secondary N) is 1. The number of hydrogen-bond donors (Lipinski definition) is 1. The van der Waals surface area contributed by atoms with Crippen LogP contribution in [-0.4, -0.2) is 25.8 Å². The Morgan fingerprint density at radius 3 is 2.54 bits per heavy atom. The molecule has 1 unspecified atom stereocenters. The van der Waals surface area contributed by atoms with Crippen LogP contribution in [0.5, 0.6) is 0 Å². The van der Waals surface area contributed by atoms with Crippen LogP contribution in [0, 0.1) is 5.92 Å². The van der Waals surface area contributed by atoms with Gasteiger partial charge < -0.3 is 5.32 Å². The molecule has 0 radical (unpaired) electrons. The molecule has 0 spiro atoms. The van der Waals surface area contributed by atoms with Crippen molar-refractivity contribution in [2.45, 2.75) is 31.2 Å². The van der Waals surface area contributed by atoms with Crippen molar-refractivity contribution >= 4 is 38.9 Å². The van der Waals surface area contributed by atoms with Gasteiger partial charge in [0.15, 0.2) is 0 Å². The van der Waals surface area contributed by atoms with Gasteiger partial charge in [-0.15, -0.1) is 0 Å². The lowest BCUT2D eigenvalue weighted by atomic mass is 10.0. The standard InChI is InChI=1S/C19H22Cl2N2O2S/c1-14-3-2-10-23(13-14)26(24,25)18-8-6-17(7-9-18)22-12-15-4-5-16(20)11-19(15)21/h4-9,11,14,22H,2-3,10,12-13H2,1H3. The van der Waals surface area contributed by atoms with E-state index in [9.17, 15) is 8.42 Å². The minimum atomic E-state index is -3.42. The molecule has 1 aliphatic heterocycles. The normalized spacial score (nSPS) is 18.7. The predicted molar refractivity (Wildman–Crippen MR) is 107 cm³/mol. The highest BCUT2D eigenvalue weighted by Gasteiger charge is 2.28. The van der Waals surface area contributed by atoms with Crippen LogP contribution in [0.4, 0.5) is 5.69 Å². The Morgan fingerprint density at radius 2 is 1.88 bits per heavy atom. The summed E-state index contributed by atoms with van der Waals surface area (Å²) in [5.74, 6) is 0.406. The second-order valence-electron chi connectivity index (χ2n) is 6.72. The summed E-state index contributed by atoms with van der Waals surface area (Å²) < 4.78 is 27.1. The second-order valence-corrected chi connectivity index (χ2v) is 9.51. The highest BCUT2D eigenvalue weighted by Crippen LogP contribution is 2.25. The van der Waals surface area contributed by atoms with Crippen LogP contribution < -0.4 is 5.32 Å². The van der Waals surface area contributed by atoms with Crippen molar-refractivity contribution < 1.29 is 8.42 Å². The molecule has 3 rings (SSSR count). The van der Waals surface area contributed by atoms with E-state index in [1.54, 1.807) is 40.7 Å². The summed E-state index contributed by atoms with van der Waals surface area (Å²) in [7, 11) is -3.42. The van der Waals surface area contributed by atoms with Crippen molar-refractivity contribution in [2.24, 2.45) is 5.92 Å². The number of halogens is 2. The van der Waals surface area contributed by atoms with Crippen LogP contribution in [0.25, 0.3) is 0 Å². The van der Waals surface area contributed by atoms with Gasteiger partial charge in [-0.25, -0.2) is 8.42 Å². The van der Waals surface area contributed by atoms with Crippen LogP contribution in [0.2, 0.25) is 10.0 Å². The molecule has 2 aromatic carbocycles. The Bertz CT molecular complexity index is 870. The lowest BCUT2D eigenvalue weighted by Gasteiger charge is -2.30. The fourth-order valence-corrected chi connectivity index (χ4v) is 5.19. The van der Waals surface area contributed by atoms with Crippen LogP contribution in [0.3, 0.4) is 0 Å². The lowest BCUT2D eigenvalue weighted by molar-refractivity contribution is 0.281. The third kappa shape index (κ3) is 4.52. The summed E-state index contributed by atoms with van der Waals surface area (Å²) in [5.41, 5.74) is 1.76. The molecule has 0 amide bonds. The Hall–Kier alpha value is -1.27. The van der Waals surface area contributed by atoms with Crippen molar-refractivity contribution in [3.05, 3.63) is 58.1 Å². The maximum atomic E-state index is 12.8. The van der Waals surface area contributed by atoms with Gasteiger partial charge in [0.05, 0.1) is 4.90 Å². The summed E-state index contributed by atoms with van der Waals surface area (Å²) in [6.45, 7) is 3.82. The zero-order valence-corrected chi connectivity index (χ0v) is 16.9. The minimum absolute atomic E-state index is 0.335. The summed E-state index contributed by atoms with van der Waals surface area (Å²) >= 11 is 12.1. The Balaban J connectivity index is 1.68. The van der Waals surface area contributed by atoms with Crippen molar-refractivity contribution in [2.75, 3.05) is 18.4 Å². The molecule has 1 N–H and O–H groups in total. The molecule has 0 aliphatic carbocycles. The van der Waals surface area contributed by atoms with E-state index in [2.05, 4.69) is 12.2 Å². The first kappa shape index (κ1) is 19.5. The summed E-state index contributed by atoms with van der Waals surface area (Å²) in [4.78, 5) is 0.335. The molecular formula is C19H22Cl2N2O2S. The van der Waals surface area contributed by atoms with E-state index in [0.29, 0.717) is 40.5 Å². The van der Waals surface area contributed by atoms with Crippen molar-refractivity contribution in [3.63, 3.8) is 0 Å². The smallest absolute Gasteiger partial charge is 0.243 e. The molecule has 4 nitrogen and oxygen atoms in total. The van der Waals surface area contributed by atoms with E-state index >= 15 is 0 Å². The van der Waals surface area contributed by atoms with Crippen LogP contribution in [0.15, 0.2) is 47.4 Å². The van der Waals surface area contributed by atoms with E-state index in [1.807, 2.05) is 6.07 Å². The zero-order valence-electron chi connectivity index (χ0n) is 14.6. The Kier molecular flexibility index (Phi) is 6.13. The molecule has 1 heterocycles. The maximum absolute atomic E-state index is 12.8. The molecule has 2 aromatic rings. The first-order chi connectivity index (χ1) is 12.4. The average molecular weight is 413 g/mol. The zero-order chi connectivity index (χ0) is 18.7. The van der Waals surface area contributed by atoms with E-state index < -0.39 is 10.0 Å². The van der Waals surface area contributed by atoms with Crippen LogP contribution >= 0.6 is 23.2 Å². The van der Waals surface area contributed by atoms with Crippen LogP contribution in [0.1, 0.15) is 25.3 Å². The number of rotatable bonds is 5. The molecule has 1 fully saturated rings. The number of sulfonamides is 1. The predicted octanol–water partition coefficient (Wildman–Crippen LogP) is 5.03. The van der Waals surface area contributed by atoms with E-state index in [4.69, 9.17) is 23.2 Å². The van der Waals surface area contributed by atoms with Gasteiger partial charge in [0, 0.05) is 35.4 Å². The molecule has 0 saturated carbocycles. The number of hydrogen-bond acceptors (Lipinski definition) is 3. The van der Waals surface area contributed by atoms with Gasteiger partial charge in [-0.3, -0.25) is 0 Å². The van der Waals surface area contributed by atoms with Gasteiger partial charge in [-0.2, -0.15) is 4.31 Å². The van der Waals surface area contributed by atoms with Crippen molar-refractivity contribution in [3.8, 4) is 0 Å². The van der Waals surface area contributed by atoms with E-state index in [1.165, 1.54) is 0 Å². The number of nitrogens with zero attached hydrogens (tertiary/aromatic N) is 1. The number of anilines is 1. The molecule has 26 heavy (non-hydrogen) atoms. The van der Waals surface area contributed by atoms with Gasteiger partial charge in [0.25, 0.3) is 0 Å². The molecule has 140 valence electrons. The fourth-order valence-electron chi connectivity index (χ4n) is 3.12. The average Bonchev–Trinajstić information content (AvgIpc) is 2.61. The summed E-state index contributed by atoms with van der Waals surface area (Å²) in [5, 5.41) is 4.45. The highest BCUT2D eigenvalue weighted by atomic mass is 35.5. The molecule has 7 heteroatoms. The monoisotopic (exact) mass is 412 g/mol. The quantitative estimate of drug-likeness (QED) is 0.748. The van der Waals surface area contributed by atoms with Gasteiger partial charge in [0.2, 0.25) is 10.0 Å². The topological polar surface area (TPSA) is 49.4 Å². The van der Waals surface area contributed by atoms with Gasteiger partial charge >= 0.3 is 0 Å². The van der Waals surface area contributed by atoms with Gasteiger partial charge in [-0.05, 0) is 60.7 Å². The first-order valence-electron chi connectivity index (χ1n) is 8.64. The summed E-state index contributed by atoms with van der Waals surface area (Å²) in [6, 6.07) is 12.2. The third-order valence-corrected chi connectivity index (χ3v) is 7.08. The molecule has 1 aliphatic rings. The lowest BCUT2D eigenvalue weighted by Crippen LogP contribution is -2.39. The number of piperidine rings is 1.